The van der Waals surface area contributed by atoms with Crippen molar-refractivity contribution in [3.05, 3.63) is 0 Å². The predicted molar refractivity (Wildman–Crippen MR) is 43.0 cm³/mol. The number of rotatable bonds is 2. The second kappa shape index (κ2) is 5.74. The first kappa shape index (κ1) is 11.1. The molecule has 1 saturated heterocycles. The average molecular weight is 184 g/mol. The molecule has 0 aromatic carbocycles. The van der Waals surface area contributed by atoms with Crippen molar-refractivity contribution in [1.29, 1.82) is 0 Å². The van der Waals surface area contributed by atoms with Crippen LogP contribution in [0.15, 0.2) is 0 Å². The smallest absolute Gasteiger partial charge is 0.0945 e. The van der Waals surface area contributed by atoms with Gasteiger partial charge in [0, 0.05) is 6.54 Å². The minimum Gasteiger partial charge on any atom is -0.394 e. The minimum absolute atomic E-state index is 0. The standard InChI is InChI=1S/C6H13NO3.ClH/c8-3-6(9)5-4-10-2-1-7-5;/h5-9H,1-4H2;1H. The highest BCUT2D eigenvalue weighted by Crippen LogP contribution is 1.97. The molecule has 2 unspecified atom stereocenters. The lowest BCUT2D eigenvalue weighted by atomic mass is 10.1. The number of morpholine rings is 1. The van der Waals surface area contributed by atoms with Crippen molar-refractivity contribution in [3.63, 3.8) is 0 Å². The summed E-state index contributed by atoms with van der Waals surface area (Å²) in [6.07, 6.45) is -0.694. The van der Waals surface area contributed by atoms with E-state index >= 15 is 0 Å². The van der Waals surface area contributed by atoms with E-state index in [9.17, 15) is 0 Å². The fourth-order valence-corrected chi connectivity index (χ4v) is 0.960. The molecular weight excluding hydrogens is 170 g/mol. The molecule has 3 N–H and O–H groups in total. The quantitative estimate of drug-likeness (QED) is 0.501. The van der Waals surface area contributed by atoms with E-state index < -0.39 is 6.10 Å². The zero-order valence-electron chi connectivity index (χ0n) is 6.19. The van der Waals surface area contributed by atoms with E-state index in [1.165, 1.54) is 0 Å². The molecule has 5 heteroatoms. The molecule has 1 heterocycles. The molecule has 0 aromatic heterocycles. The van der Waals surface area contributed by atoms with E-state index in [0.29, 0.717) is 13.2 Å². The van der Waals surface area contributed by atoms with Gasteiger partial charge in [0.2, 0.25) is 0 Å². The monoisotopic (exact) mass is 183 g/mol. The molecule has 4 nitrogen and oxygen atoms in total. The molecule has 0 aliphatic carbocycles. The van der Waals surface area contributed by atoms with E-state index in [-0.39, 0.29) is 25.1 Å². The third-order valence-electron chi connectivity index (χ3n) is 1.60. The van der Waals surface area contributed by atoms with Crippen LogP contribution in [0.5, 0.6) is 0 Å². The van der Waals surface area contributed by atoms with Crippen molar-refractivity contribution < 1.29 is 14.9 Å². The van der Waals surface area contributed by atoms with Crippen LogP contribution in [0.2, 0.25) is 0 Å². The van der Waals surface area contributed by atoms with Gasteiger partial charge in [-0.1, -0.05) is 0 Å². The first-order valence-corrected chi connectivity index (χ1v) is 3.44. The van der Waals surface area contributed by atoms with Gasteiger partial charge < -0.3 is 20.3 Å². The molecule has 0 spiro atoms. The molecule has 1 rings (SSSR count). The van der Waals surface area contributed by atoms with Crippen LogP contribution < -0.4 is 5.32 Å². The van der Waals surface area contributed by atoms with E-state index in [4.69, 9.17) is 14.9 Å². The Bertz CT molecular complexity index is 97.8. The summed E-state index contributed by atoms with van der Waals surface area (Å²) in [5.74, 6) is 0. The lowest BCUT2D eigenvalue weighted by molar-refractivity contribution is -0.00435. The average Bonchev–Trinajstić information content (AvgIpc) is 2.05. The second-order valence-electron chi connectivity index (χ2n) is 2.39. The third kappa shape index (κ3) is 3.35. The fourth-order valence-electron chi connectivity index (χ4n) is 0.960. The largest absolute Gasteiger partial charge is 0.394 e. The first-order chi connectivity index (χ1) is 4.84. The summed E-state index contributed by atoms with van der Waals surface area (Å²) in [4.78, 5) is 0. The number of ether oxygens (including phenoxy) is 1. The van der Waals surface area contributed by atoms with Crippen molar-refractivity contribution in [2.45, 2.75) is 12.1 Å². The van der Waals surface area contributed by atoms with E-state index in [1.54, 1.807) is 0 Å². The summed E-state index contributed by atoms with van der Waals surface area (Å²) in [5, 5.41) is 20.7. The van der Waals surface area contributed by atoms with Gasteiger partial charge in [-0.25, -0.2) is 0 Å². The van der Waals surface area contributed by atoms with Crippen LogP contribution in [-0.4, -0.2) is 48.7 Å². The lowest BCUT2D eigenvalue weighted by Gasteiger charge is -2.26. The molecule has 1 fully saturated rings. The summed E-state index contributed by atoms with van der Waals surface area (Å²) in [7, 11) is 0. The number of hydrogen-bond donors (Lipinski definition) is 3. The maximum Gasteiger partial charge on any atom is 0.0945 e. The molecule has 1 aliphatic rings. The Morgan fingerprint density at radius 1 is 1.64 bits per heavy atom. The van der Waals surface area contributed by atoms with Gasteiger partial charge in [0.25, 0.3) is 0 Å². The number of aliphatic hydroxyl groups is 2. The van der Waals surface area contributed by atoms with E-state index in [0.717, 1.165) is 6.54 Å². The van der Waals surface area contributed by atoms with Gasteiger partial charge in [-0.15, -0.1) is 12.4 Å². The maximum absolute atomic E-state index is 9.09. The van der Waals surface area contributed by atoms with Crippen LogP contribution in [0.1, 0.15) is 0 Å². The number of hydrogen-bond acceptors (Lipinski definition) is 4. The Kier molecular flexibility index (Phi) is 5.81. The van der Waals surface area contributed by atoms with Crippen LogP contribution in [0.4, 0.5) is 0 Å². The van der Waals surface area contributed by atoms with Gasteiger partial charge in [-0.2, -0.15) is 0 Å². The van der Waals surface area contributed by atoms with Crippen molar-refractivity contribution in [2.75, 3.05) is 26.4 Å². The Hall–Kier alpha value is 0.130. The summed E-state index contributed by atoms with van der Waals surface area (Å²) >= 11 is 0. The molecule has 0 bridgehead atoms. The normalized spacial score (nSPS) is 27.3. The van der Waals surface area contributed by atoms with Crippen LogP contribution >= 0.6 is 12.4 Å². The molecule has 0 aromatic rings. The zero-order chi connectivity index (χ0) is 7.40. The Balaban J connectivity index is 0.000001000. The third-order valence-corrected chi connectivity index (χ3v) is 1.60. The molecule has 68 valence electrons. The zero-order valence-corrected chi connectivity index (χ0v) is 7.01. The predicted octanol–water partition coefficient (Wildman–Crippen LogP) is -1.25. The fraction of sp³-hybridized carbons (Fsp3) is 1.00. The summed E-state index contributed by atoms with van der Waals surface area (Å²) < 4.78 is 5.07. The number of nitrogens with one attached hydrogen (secondary N) is 1. The van der Waals surface area contributed by atoms with E-state index in [1.807, 2.05) is 0 Å². The van der Waals surface area contributed by atoms with Crippen LogP contribution in [0.25, 0.3) is 0 Å². The van der Waals surface area contributed by atoms with Crippen molar-refractivity contribution in [2.24, 2.45) is 0 Å². The van der Waals surface area contributed by atoms with Crippen molar-refractivity contribution in [3.8, 4) is 0 Å². The van der Waals surface area contributed by atoms with Crippen LogP contribution in [-0.2, 0) is 4.74 Å². The highest BCUT2D eigenvalue weighted by atomic mass is 35.5. The van der Waals surface area contributed by atoms with Gasteiger partial charge in [0.15, 0.2) is 0 Å². The van der Waals surface area contributed by atoms with Gasteiger partial charge >= 0.3 is 0 Å². The number of halogens is 1. The van der Waals surface area contributed by atoms with Crippen molar-refractivity contribution >= 4 is 12.4 Å². The van der Waals surface area contributed by atoms with Crippen LogP contribution in [0.3, 0.4) is 0 Å². The van der Waals surface area contributed by atoms with E-state index in [2.05, 4.69) is 5.32 Å². The SMILES string of the molecule is Cl.OCC(O)C1COCCN1. The maximum atomic E-state index is 9.09. The Morgan fingerprint density at radius 3 is 2.82 bits per heavy atom. The minimum atomic E-state index is -0.694. The van der Waals surface area contributed by atoms with Gasteiger partial charge in [0.1, 0.15) is 0 Å². The summed E-state index contributed by atoms with van der Waals surface area (Å²) in [5.41, 5.74) is 0. The molecule has 0 saturated carbocycles. The molecular formula is C6H14ClNO3. The molecule has 11 heavy (non-hydrogen) atoms. The summed E-state index contributed by atoms with van der Waals surface area (Å²) in [6.45, 7) is 1.72. The highest BCUT2D eigenvalue weighted by Gasteiger charge is 2.20. The molecule has 0 radical (unpaired) electrons. The lowest BCUT2D eigenvalue weighted by Crippen LogP contribution is -2.49. The Labute approximate surface area is 72.0 Å². The summed E-state index contributed by atoms with van der Waals surface area (Å²) in [6, 6.07) is -0.0984. The Morgan fingerprint density at radius 2 is 2.36 bits per heavy atom. The van der Waals surface area contributed by atoms with Crippen LogP contribution in [0, 0.1) is 0 Å². The number of aliphatic hydroxyl groups excluding tert-OH is 2. The highest BCUT2D eigenvalue weighted by molar-refractivity contribution is 5.85. The van der Waals surface area contributed by atoms with Crippen molar-refractivity contribution in [1.82, 2.24) is 5.32 Å². The van der Waals surface area contributed by atoms with Gasteiger partial charge in [-0.3, -0.25) is 0 Å². The molecule has 1 aliphatic heterocycles. The first-order valence-electron chi connectivity index (χ1n) is 3.44. The van der Waals surface area contributed by atoms with Gasteiger partial charge in [-0.05, 0) is 0 Å². The molecule has 0 amide bonds. The second-order valence-corrected chi connectivity index (χ2v) is 2.39. The topological polar surface area (TPSA) is 61.7 Å². The molecule has 2 atom stereocenters. The van der Waals surface area contributed by atoms with Gasteiger partial charge in [0.05, 0.1) is 32.0 Å².